The van der Waals surface area contributed by atoms with Crippen molar-refractivity contribution in [1.29, 1.82) is 0 Å². The van der Waals surface area contributed by atoms with Gasteiger partial charge in [0.05, 0.1) is 5.66 Å². The van der Waals surface area contributed by atoms with Gasteiger partial charge in [0.1, 0.15) is 0 Å². The first-order valence-corrected chi connectivity index (χ1v) is 4.31. The van der Waals surface area contributed by atoms with E-state index in [-0.39, 0.29) is 5.66 Å². The Morgan fingerprint density at radius 3 is 2.08 bits per heavy atom. The molecule has 0 saturated heterocycles. The maximum Gasteiger partial charge on any atom is 0.0657 e. The molecule has 3 nitrogen and oxygen atoms in total. The van der Waals surface area contributed by atoms with Gasteiger partial charge < -0.3 is 16.0 Å². The van der Waals surface area contributed by atoms with Gasteiger partial charge in [-0.05, 0) is 33.9 Å². The average Bonchev–Trinajstić information content (AvgIpc) is 2.13. The highest BCUT2D eigenvalue weighted by atomic mass is 15.1. The normalized spacial score (nSPS) is 11.3. The van der Waals surface area contributed by atoms with Gasteiger partial charge in [0.2, 0.25) is 0 Å². The lowest BCUT2D eigenvalue weighted by atomic mass is 10.1. The van der Waals surface area contributed by atoms with Gasteiger partial charge in [-0.1, -0.05) is 6.58 Å². The Bertz CT molecular complexity index is 139. The van der Waals surface area contributed by atoms with Gasteiger partial charge in [-0.3, -0.25) is 0 Å². The van der Waals surface area contributed by atoms with Crippen molar-refractivity contribution in [2.75, 3.05) is 21.1 Å². The molecule has 0 heterocycles. The maximum absolute atomic E-state index is 3.88. The fourth-order valence-corrected chi connectivity index (χ4v) is 0.901. The lowest BCUT2D eigenvalue weighted by Gasteiger charge is -2.29. The highest BCUT2D eigenvalue weighted by molar-refractivity contribution is 4.92. The summed E-state index contributed by atoms with van der Waals surface area (Å²) < 4.78 is 0. The van der Waals surface area contributed by atoms with Gasteiger partial charge in [-0.2, -0.15) is 0 Å². The first-order valence-electron chi connectivity index (χ1n) is 4.31. The van der Waals surface area contributed by atoms with Gasteiger partial charge in [0.15, 0.2) is 0 Å². The molecule has 0 aromatic heterocycles. The topological polar surface area (TPSA) is 36.1 Å². The van der Waals surface area contributed by atoms with Crippen LogP contribution in [-0.2, 0) is 0 Å². The molecule has 0 unspecified atom stereocenters. The standard InChI is InChI=1S/C9H21N3/c1-8(10-3)6-7-9(2,11-4)12-5/h10-12H,1,6-7H2,2-5H3. The van der Waals surface area contributed by atoms with Gasteiger partial charge in [0, 0.05) is 12.7 Å². The Hall–Kier alpha value is -0.540. The summed E-state index contributed by atoms with van der Waals surface area (Å²) in [6, 6.07) is 0. The van der Waals surface area contributed by atoms with E-state index in [0.29, 0.717) is 0 Å². The van der Waals surface area contributed by atoms with E-state index in [1.165, 1.54) is 0 Å². The van der Waals surface area contributed by atoms with E-state index in [1.807, 2.05) is 21.1 Å². The molecule has 0 fully saturated rings. The van der Waals surface area contributed by atoms with Crippen LogP contribution in [-0.4, -0.2) is 26.8 Å². The van der Waals surface area contributed by atoms with Crippen LogP contribution in [0.4, 0.5) is 0 Å². The minimum Gasteiger partial charge on any atom is -0.392 e. The molecule has 72 valence electrons. The summed E-state index contributed by atoms with van der Waals surface area (Å²) in [6.45, 7) is 6.01. The second-order valence-corrected chi connectivity index (χ2v) is 3.19. The number of hydrogen-bond acceptors (Lipinski definition) is 3. The Morgan fingerprint density at radius 1 is 1.25 bits per heavy atom. The van der Waals surface area contributed by atoms with Crippen molar-refractivity contribution >= 4 is 0 Å². The molecule has 0 rings (SSSR count). The lowest BCUT2D eigenvalue weighted by Crippen LogP contribution is -2.51. The van der Waals surface area contributed by atoms with Crippen molar-refractivity contribution in [2.45, 2.75) is 25.4 Å². The molecule has 0 amide bonds. The van der Waals surface area contributed by atoms with Crippen molar-refractivity contribution < 1.29 is 0 Å². The first kappa shape index (κ1) is 11.5. The second-order valence-electron chi connectivity index (χ2n) is 3.19. The zero-order valence-electron chi connectivity index (χ0n) is 8.62. The largest absolute Gasteiger partial charge is 0.392 e. The van der Waals surface area contributed by atoms with E-state index in [2.05, 4.69) is 29.5 Å². The van der Waals surface area contributed by atoms with Crippen LogP contribution in [0.5, 0.6) is 0 Å². The van der Waals surface area contributed by atoms with Crippen LogP contribution in [0.1, 0.15) is 19.8 Å². The number of hydrogen-bond donors (Lipinski definition) is 3. The molecule has 0 aromatic carbocycles. The summed E-state index contributed by atoms with van der Waals surface area (Å²) >= 11 is 0. The van der Waals surface area contributed by atoms with E-state index < -0.39 is 0 Å². The Kier molecular flexibility index (Phi) is 4.93. The molecule has 12 heavy (non-hydrogen) atoms. The molecule has 0 aliphatic heterocycles. The van der Waals surface area contributed by atoms with Crippen LogP contribution in [0.25, 0.3) is 0 Å². The van der Waals surface area contributed by atoms with Crippen LogP contribution < -0.4 is 16.0 Å². The Balaban J connectivity index is 3.80. The maximum atomic E-state index is 3.88. The molecule has 3 N–H and O–H groups in total. The molecular weight excluding hydrogens is 150 g/mol. The van der Waals surface area contributed by atoms with Crippen molar-refractivity contribution in [3.8, 4) is 0 Å². The van der Waals surface area contributed by atoms with Gasteiger partial charge in [-0.25, -0.2) is 0 Å². The number of rotatable bonds is 6. The summed E-state index contributed by atoms with van der Waals surface area (Å²) in [7, 11) is 5.82. The summed E-state index contributed by atoms with van der Waals surface area (Å²) in [4.78, 5) is 0. The SMILES string of the molecule is C=C(CCC(C)(NC)NC)NC. The molecule has 0 spiro atoms. The highest BCUT2D eigenvalue weighted by Gasteiger charge is 2.18. The molecule has 0 radical (unpaired) electrons. The minimum absolute atomic E-state index is 0.0137. The Morgan fingerprint density at radius 2 is 1.75 bits per heavy atom. The van der Waals surface area contributed by atoms with Crippen LogP contribution >= 0.6 is 0 Å². The van der Waals surface area contributed by atoms with Crippen molar-refractivity contribution in [1.82, 2.24) is 16.0 Å². The second kappa shape index (κ2) is 5.17. The third kappa shape index (κ3) is 3.74. The van der Waals surface area contributed by atoms with E-state index in [9.17, 15) is 0 Å². The third-order valence-corrected chi connectivity index (χ3v) is 2.38. The summed E-state index contributed by atoms with van der Waals surface area (Å²) in [6.07, 6.45) is 2.01. The van der Waals surface area contributed by atoms with Gasteiger partial charge in [-0.15, -0.1) is 0 Å². The molecule has 0 atom stereocenters. The third-order valence-electron chi connectivity index (χ3n) is 2.38. The van der Waals surface area contributed by atoms with E-state index in [4.69, 9.17) is 0 Å². The van der Waals surface area contributed by atoms with Crippen LogP contribution in [0.2, 0.25) is 0 Å². The molecule has 0 aromatic rings. The molecule has 0 aliphatic rings. The number of nitrogens with one attached hydrogen (secondary N) is 3. The quantitative estimate of drug-likeness (QED) is 0.514. The molecule has 3 heteroatoms. The van der Waals surface area contributed by atoms with Gasteiger partial charge in [0.25, 0.3) is 0 Å². The zero-order chi connectivity index (χ0) is 9.61. The van der Waals surface area contributed by atoms with Crippen LogP contribution in [0.3, 0.4) is 0 Å². The molecular formula is C9H21N3. The van der Waals surface area contributed by atoms with E-state index >= 15 is 0 Å². The summed E-state index contributed by atoms with van der Waals surface area (Å²) in [5.41, 5.74) is 1.09. The summed E-state index contributed by atoms with van der Waals surface area (Å²) in [5.74, 6) is 0. The predicted octanol–water partition coefficient (Wildman–Crippen LogP) is 0.655. The van der Waals surface area contributed by atoms with Crippen molar-refractivity contribution in [3.63, 3.8) is 0 Å². The minimum atomic E-state index is 0.0137. The number of allylic oxidation sites excluding steroid dienone is 1. The predicted molar refractivity (Wildman–Crippen MR) is 54.0 cm³/mol. The fraction of sp³-hybridized carbons (Fsp3) is 0.778. The monoisotopic (exact) mass is 171 g/mol. The fourth-order valence-electron chi connectivity index (χ4n) is 0.901. The lowest BCUT2D eigenvalue weighted by molar-refractivity contribution is 0.302. The molecule has 0 aliphatic carbocycles. The van der Waals surface area contributed by atoms with Crippen molar-refractivity contribution in [2.24, 2.45) is 0 Å². The molecule has 0 saturated carbocycles. The Labute approximate surface area is 75.6 Å². The first-order chi connectivity index (χ1) is 5.58. The zero-order valence-corrected chi connectivity index (χ0v) is 8.62. The van der Waals surface area contributed by atoms with E-state index in [1.54, 1.807) is 0 Å². The van der Waals surface area contributed by atoms with Crippen LogP contribution in [0, 0.1) is 0 Å². The van der Waals surface area contributed by atoms with Crippen molar-refractivity contribution in [3.05, 3.63) is 12.3 Å². The molecule has 0 bridgehead atoms. The van der Waals surface area contributed by atoms with E-state index in [0.717, 1.165) is 18.5 Å². The average molecular weight is 171 g/mol. The highest BCUT2D eigenvalue weighted by Crippen LogP contribution is 2.09. The smallest absolute Gasteiger partial charge is 0.0657 e. The summed E-state index contributed by atoms with van der Waals surface area (Å²) in [5, 5.41) is 9.49. The van der Waals surface area contributed by atoms with Crippen LogP contribution in [0.15, 0.2) is 12.3 Å². The van der Waals surface area contributed by atoms with Gasteiger partial charge >= 0.3 is 0 Å².